The van der Waals surface area contributed by atoms with Crippen LogP contribution in [0.5, 0.6) is 0 Å². The summed E-state index contributed by atoms with van der Waals surface area (Å²) >= 11 is 0. The Labute approximate surface area is 158 Å². The van der Waals surface area contributed by atoms with Gasteiger partial charge in [0.05, 0.1) is 13.0 Å². The monoisotopic (exact) mass is 364 g/mol. The van der Waals surface area contributed by atoms with Crippen molar-refractivity contribution in [1.82, 2.24) is 9.47 Å². The molecule has 27 heavy (non-hydrogen) atoms. The third-order valence-corrected chi connectivity index (χ3v) is 4.24. The van der Waals surface area contributed by atoms with Gasteiger partial charge in [0.25, 0.3) is 0 Å². The zero-order valence-corrected chi connectivity index (χ0v) is 15.8. The highest BCUT2D eigenvalue weighted by molar-refractivity contribution is 5.96. The van der Waals surface area contributed by atoms with Crippen LogP contribution in [0.1, 0.15) is 5.56 Å². The van der Waals surface area contributed by atoms with E-state index >= 15 is 0 Å². The van der Waals surface area contributed by atoms with Gasteiger partial charge in [-0.2, -0.15) is 0 Å². The number of carbonyl (C=O) groups excluding carboxylic acids is 2. The van der Waals surface area contributed by atoms with Crippen LogP contribution in [-0.2, 0) is 23.1 Å². The van der Waals surface area contributed by atoms with Crippen molar-refractivity contribution in [2.45, 2.75) is 6.42 Å². The minimum atomic E-state index is -0.0762. The first kappa shape index (κ1) is 18.7. The standard InChI is InChI=1S/C21H24N4O2/c1-24(2)14-21(27)23-17-10-8-16(9-11-17)22-20(26)12-15-13-25(3)19-7-5-4-6-18(15)19/h4-11,13H,12,14H2,1-3H3,(H,22,26)(H,23,27). The van der Waals surface area contributed by atoms with Gasteiger partial charge in [0, 0.05) is 35.5 Å². The molecule has 1 heterocycles. The molecule has 0 saturated carbocycles. The van der Waals surface area contributed by atoms with Crippen molar-refractivity contribution in [3.8, 4) is 0 Å². The highest BCUT2D eigenvalue weighted by Gasteiger charge is 2.11. The molecule has 6 heteroatoms. The molecule has 0 aliphatic carbocycles. The van der Waals surface area contributed by atoms with Crippen LogP contribution >= 0.6 is 0 Å². The smallest absolute Gasteiger partial charge is 0.238 e. The van der Waals surface area contributed by atoms with Crippen LogP contribution < -0.4 is 10.6 Å². The van der Waals surface area contributed by atoms with Gasteiger partial charge in [0.1, 0.15) is 0 Å². The maximum Gasteiger partial charge on any atom is 0.238 e. The van der Waals surface area contributed by atoms with E-state index < -0.39 is 0 Å². The largest absolute Gasteiger partial charge is 0.350 e. The maximum absolute atomic E-state index is 12.4. The van der Waals surface area contributed by atoms with Crippen LogP contribution in [0.25, 0.3) is 10.9 Å². The second-order valence-electron chi connectivity index (χ2n) is 6.87. The summed E-state index contributed by atoms with van der Waals surface area (Å²) < 4.78 is 2.03. The van der Waals surface area contributed by atoms with Crippen LogP contribution in [0.4, 0.5) is 11.4 Å². The molecule has 2 aromatic carbocycles. The predicted octanol–water partition coefficient (Wildman–Crippen LogP) is 2.86. The summed E-state index contributed by atoms with van der Waals surface area (Å²) in [5.74, 6) is -0.150. The molecule has 0 fully saturated rings. The van der Waals surface area contributed by atoms with E-state index in [1.54, 1.807) is 29.2 Å². The lowest BCUT2D eigenvalue weighted by Crippen LogP contribution is -2.27. The van der Waals surface area contributed by atoms with Crippen LogP contribution in [0.15, 0.2) is 54.7 Å². The molecule has 1 aromatic heterocycles. The summed E-state index contributed by atoms with van der Waals surface area (Å²) in [6.45, 7) is 0.323. The second-order valence-corrected chi connectivity index (χ2v) is 6.87. The third kappa shape index (κ3) is 4.74. The molecule has 0 radical (unpaired) electrons. The minimum absolute atomic E-state index is 0.0734. The molecule has 6 nitrogen and oxygen atoms in total. The molecule has 0 bridgehead atoms. The lowest BCUT2D eigenvalue weighted by atomic mass is 10.1. The number of aryl methyl sites for hydroxylation is 1. The SMILES string of the molecule is CN(C)CC(=O)Nc1ccc(NC(=O)Cc2cn(C)c3ccccc23)cc1. The van der Waals surface area contributed by atoms with Crippen molar-refractivity contribution < 1.29 is 9.59 Å². The topological polar surface area (TPSA) is 66.4 Å². The zero-order chi connectivity index (χ0) is 19.4. The first-order chi connectivity index (χ1) is 12.9. The number of fused-ring (bicyclic) bond motifs is 1. The molecule has 0 spiro atoms. The maximum atomic E-state index is 12.4. The fraction of sp³-hybridized carbons (Fsp3) is 0.238. The van der Waals surface area contributed by atoms with Gasteiger partial charge >= 0.3 is 0 Å². The Bertz CT molecular complexity index is 958. The van der Waals surface area contributed by atoms with Gasteiger partial charge in [0.2, 0.25) is 11.8 Å². The fourth-order valence-corrected chi connectivity index (χ4v) is 3.07. The highest BCUT2D eigenvalue weighted by Crippen LogP contribution is 2.21. The van der Waals surface area contributed by atoms with Crippen molar-refractivity contribution in [3.05, 3.63) is 60.3 Å². The second kappa shape index (κ2) is 8.05. The van der Waals surface area contributed by atoms with E-state index in [0.717, 1.165) is 16.5 Å². The van der Waals surface area contributed by atoms with Crippen molar-refractivity contribution in [2.24, 2.45) is 7.05 Å². The fourth-order valence-electron chi connectivity index (χ4n) is 3.07. The van der Waals surface area contributed by atoms with Crippen LogP contribution in [-0.4, -0.2) is 41.9 Å². The van der Waals surface area contributed by atoms with Crippen molar-refractivity contribution in [1.29, 1.82) is 0 Å². The molecule has 0 atom stereocenters. The number of nitrogens with zero attached hydrogens (tertiary/aromatic N) is 2. The van der Waals surface area contributed by atoms with E-state index in [2.05, 4.69) is 10.6 Å². The number of benzene rings is 2. The van der Waals surface area contributed by atoms with Gasteiger partial charge in [-0.05, 0) is 50.0 Å². The number of rotatable bonds is 6. The van der Waals surface area contributed by atoms with Crippen LogP contribution in [0.2, 0.25) is 0 Å². The lowest BCUT2D eigenvalue weighted by molar-refractivity contribution is -0.117. The normalized spacial score (nSPS) is 11.0. The van der Waals surface area contributed by atoms with Gasteiger partial charge in [-0.3, -0.25) is 9.59 Å². The molecule has 0 unspecified atom stereocenters. The number of amides is 2. The summed E-state index contributed by atoms with van der Waals surface area (Å²) in [6, 6.07) is 15.2. The first-order valence-electron chi connectivity index (χ1n) is 8.80. The Morgan fingerprint density at radius 3 is 2.15 bits per heavy atom. The Morgan fingerprint density at radius 1 is 0.926 bits per heavy atom. The Hall–Kier alpha value is -3.12. The third-order valence-electron chi connectivity index (χ3n) is 4.24. The number of hydrogen-bond acceptors (Lipinski definition) is 3. The zero-order valence-electron chi connectivity index (χ0n) is 15.8. The molecular weight excluding hydrogens is 340 g/mol. The summed E-state index contributed by atoms with van der Waals surface area (Å²) in [7, 11) is 5.66. The van der Waals surface area contributed by atoms with E-state index in [1.807, 2.05) is 56.2 Å². The molecule has 0 saturated heterocycles. The van der Waals surface area contributed by atoms with Gasteiger partial charge in [-0.15, -0.1) is 0 Å². The highest BCUT2D eigenvalue weighted by atomic mass is 16.2. The number of nitrogens with one attached hydrogen (secondary N) is 2. The molecule has 140 valence electrons. The minimum Gasteiger partial charge on any atom is -0.350 e. The Kier molecular flexibility index (Phi) is 5.57. The van der Waals surface area contributed by atoms with E-state index in [0.29, 0.717) is 24.3 Å². The number of aromatic nitrogens is 1. The molecule has 3 rings (SSSR count). The van der Waals surface area contributed by atoms with Gasteiger partial charge in [-0.1, -0.05) is 18.2 Å². The quantitative estimate of drug-likeness (QED) is 0.707. The van der Waals surface area contributed by atoms with Crippen molar-refractivity contribution >= 4 is 34.1 Å². The predicted molar refractivity (Wildman–Crippen MR) is 109 cm³/mol. The molecular formula is C21H24N4O2. The van der Waals surface area contributed by atoms with Crippen LogP contribution in [0, 0.1) is 0 Å². The Balaban J connectivity index is 1.61. The molecule has 0 aliphatic heterocycles. The van der Waals surface area contributed by atoms with E-state index in [-0.39, 0.29) is 11.8 Å². The van der Waals surface area contributed by atoms with Crippen LogP contribution in [0.3, 0.4) is 0 Å². The molecule has 2 amide bonds. The number of para-hydroxylation sites is 1. The number of carbonyl (C=O) groups is 2. The van der Waals surface area contributed by atoms with Crippen molar-refractivity contribution in [3.63, 3.8) is 0 Å². The van der Waals surface area contributed by atoms with E-state index in [4.69, 9.17) is 0 Å². The van der Waals surface area contributed by atoms with E-state index in [9.17, 15) is 9.59 Å². The lowest BCUT2D eigenvalue weighted by Gasteiger charge is -2.11. The summed E-state index contributed by atoms with van der Waals surface area (Å²) in [5, 5.41) is 6.82. The summed E-state index contributed by atoms with van der Waals surface area (Å²) in [5.41, 5.74) is 3.51. The van der Waals surface area contributed by atoms with E-state index in [1.165, 1.54) is 0 Å². The average molecular weight is 364 g/mol. The van der Waals surface area contributed by atoms with Gasteiger partial charge in [0.15, 0.2) is 0 Å². The van der Waals surface area contributed by atoms with Gasteiger partial charge in [-0.25, -0.2) is 0 Å². The Morgan fingerprint density at radius 2 is 1.52 bits per heavy atom. The number of likely N-dealkylation sites (N-methyl/N-ethyl adjacent to an activating group) is 1. The van der Waals surface area contributed by atoms with Crippen molar-refractivity contribution in [2.75, 3.05) is 31.3 Å². The number of anilines is 2. The molecule has 3 aromatic rings. The van der Waals surface area contributed by atoms with Gasteiger partial charge < -0.3 is 20.1 Å². The summed E-state index contributed by atoms with van der Waals surface area (Å²) in [6.07, 6.45) is 2.30. The average Bonchev–Trinajstić information content (AvgIpc) is 2.92. The molecule has 2 N–H and O–H groups in total. The summed E-state index contributed by atoms with van der Waals surface area (Å²) in [4.78, 5) is 26.0. The number of hydrogen-bond donors (Lipinski definition) is 2. The first-order valence-corrected chi connectivity index (χ1v) is 8.80. The molecule has 0 aliphatic rings.